The number of hydrogen-bond acceptors (Lipinski definition) is 2. The van der Waals surface area contributed by atoms with Gasteiger partial charge in [0.15, 0.2) is 0 Å². The highest BCUT2D eigenvalue weighted by Gasteiger charge is 2.02. The molecule has 0 aliphatic rings. The van der Waals surface area contributed by atoms with Crippen LogP contribution in [-0.2, 0) is 5.75 Å². The predicted octanol–water partition coefficient (Wildman–Crippen LogP) is 5.46. The maximum absolute atomic E-state index is 6.07. The fourth-order valence-corrected chi connectivity index (χ4v) is 3.89. The molecule has 1 aromatic carbocycles. The van der Waals surface area contributed by atoms with E-state index in [1.807, 2.05) is 18.2 Å². The molecule has 4 heteroatoms. The standard InChI is InChI=1S/C11H8BrClS2/c12-8-5-9(14-6-8)7-15-11-4-2-1-3-10(11)13/h1-6H,7H2. The summed E-state index contributed by atoms with van der Waals surface area (Å²) < 4.78 is 1.15. The van der Waals surface area contributed by atoms with Gasteiger partial charge in [-0.25, -0.2) is 0 Å². The predicted molar refractivity (Wildman–Crippen MR) is 73.0 cm³/mol. The summed E-state index contributed by atoms with van der Waals surface area (Å²) in [5, 5.41) is 2.93. The molecule has 0 spiro atoms. The highest BCUT2D eigenvalue weighted by atomic mass is 79.9. The largest absolute Gasteiger partial charge is 0.147 e. The van der Waals surface area contributed by atoms with Gasteiger partial charge in [0.2, 0.25) is 0 Å². The number of benzene rings is 1. The first-order valence-corrected chi connectivity index (χ1v) is 7.39. The number of thioether (sulfide) groups is 1. The van der Waals surface area contributed by atoms with Crippen molar-refractivity contribution in [3.8, 4) is 0 Å². The SMILES string of the molecule is Clc1ccccc1SCc1cc(Br)cs1. The summed E-state index contributed by atoms with van der Waals surface area (Å²) in [6, 6.07) is 10.1. The highest BCUT2D eigenvalue weighted by molar-refractivity contribution is 9.10. The third-order valence-corrected chi connectivity index (χ3v) is 5.27. The van der Waals surface area contributed by atoms with Gasteiger partial charge in [0.05, 0.1) is 5.02 Å². The normalized spacial score (nSPS) is 10.5. The third-order valence-electron chi connectivity index (χ3n) is 1.83. The van der Waals surface area contributed by atoms with Crippen LogP contribution in [0.1, 0.15) is 4.88 Å². The van der Waals surface area contributed by atoms with Crippen LogP contribution in [0, 0.1) is 0 Å². The highest BCUT2D eigenvalue weighted by Crippen LogP contribution is 2.31. The van der Waals surface area contributed by atoms with Gasteiger partial charge in [0.25, 0.3) is 0 Å². The van der Waals surface area contributed by atoms with Crippen LogP contribution in [0.5, 0.6) is 0 Å². The van der Waals surface area contributed by atoms with E-state index in [0.717, 1.165) is 20.1 Å². The van der Waals surface area contributed by atoms with Gasteiger partial charge < -0.3 is 0 Å². The minimum atomic E-state index is 0.832. The van der Waals surface area contributed by atoms with Crippen molar-refractivity contribution in [2.24, 2.45) is 0 Å². The van der Waals surface area contributed by atoms with Gasteiger partial charge in [0, 0.05) is 25.4 Å². The van der Waals surface area contributed by atoms with Gasteiger partial charge in [-0.3, -0.25) is 0 Å². The Morgan fingerprint density at radius 2 is 2.13 bits per heavy atom. The summed E-state index contributed by atoms with van der Waals surface area (Å²) in [4.78, 5) is 2.50. The minimum absolute atomic E-state index is 0.832. The molecule has 15 heavy (non-hydrogen) atoms. The molecule has 0 bridgehead atoms. The monoisotopic (exact) mass is 318 g/mol. The van der Waals surface area contributed by atoms with Crippen molar-refractivity contribution in [2.45, 2.75) is 10.6 Å². The zero-order chi connectivity index (χ0) is 10.7. The van der Waals surface area contributed by atoms with Crippen LogP contribution in [0.2, 0.25) is 5.02 Å². The van der Waals surface area contributed by atoms with Gasteiger partial charge in [-0.05, 0) is 34.1 Å². The van der Waals surface area contributed by atoms with Crippen LogP contribution in [0.3, 0.4) is 0 Å². The second-order valence-electron chi connectivity index (χ2n) is 2.95. The maximum Gasteiger partial charge on any atom is 0.0541 e. The zero-order valence-electron chi connectivity index (χ0n) is 7.74. The summed E-state index contributed by atoms with van der Waals surface area (Å²) in [6.45, 7) is 0. The fraction of sp³-hybridized carbons (Fsp3) is 0.0909. The molecule has 78 valence electrons. The Labute approximate surface area is 111 Å². The van der Waals surface area contributed by atoms with Crippen LogP contribution < -0.4 is 0 Å². The van der Waals surface area contributed by atoms with E-state index in [1.54, 1.807) is 23.1 Å². The van der Waals surface area contributed by atoms with Gasteiger partial charge in [-0.1, -0.05) is 23.7 Å². The van der Waals surface area contributed by atoms with E-state index < -0.39 is 0 Å². The first kappa shape index (κ1) is 11.5. The molecule has 1 aromatic heterocycles. The second kappa shape index (κ2) is 5.39. The Balaban J connectivity index is 2.02. The fourth-order valence-electron chi connectivity index (χ4n) is 1.14. The lowest BCUT2D eigenvalue weighted by Gasteiger charge is -2.01. The second-order valence-corrected chi connectivity index (χ2v) is 6.29. The first-order chi connectivity index (χ1) is 7.25. The van der Waals surface area contributed by atoms with Crippen molar-refractivity contribution in [3.05, 3.63) is 50.1 Å². The first-order valence-electron chi connectivity index (χ1n) is 4.36. The lowest BCUT2D eigenvalue weighted by molar-refractivity contribution is 1.43. The molecule has 0 radical (unpaired) electrons. The molecule has 0 aliphatic carbocycles. The van der Waals surface area contributed by atoms with Crippen LogP contribution in [0.25, 0.3) is 0 Å². The van der Waals surface area contributed by atoms with Crippen molar-refractivity contribution in [1.82, 2.24) is 0 Å². The summed E-state index contributed by atoms with van der Waals surface area (Å²) in [5.74, 6) is 0.972. The van der Waals surface area contributed by atoms with Crippen molar-refractivity contribution in [1.29, 1.82) is 0 Å². The van der Waals surface area contributed by atoms with E-state index in [1.165, 1.54) is 4.88 Å². The average molecular weight is 320 g/mol. The van der Waals surface area contributed by atoms with Gasteiger partial charge in [-0.15, -0.1) is 23.1 Å². The summed E-state index contributed by atoms with van der Waals surface area (Å²) >= 11 is 13.1. The van der Waals surface area contributed by atoms with Crippen molar-refractivity contribution in [3.63, 3.8) is 0 Å². The van der Waals surface area contributed by atoms with Gasteiger partial charge in [-0.2, -0.15) is 0 Å². The topological polar surface area (TPSA) is 0 Å². The molecule has 0 atom stereocenters. The number of hydrogen-bond donors (Lipinski definition) is 0. The van der Waals surface area contributed by atoms with Crippen molar-refractivity contribution < 1.29 is 0 Å². The van der Waals surface area contributed by atoms with E-state index in [4.69, 9.17) is 11.6 Å². The molecule has 0 fully saturated rings. The molecular weight excluding hydrogens is 312 g/mol. The van der Waals surface area contributed by atoms with E-state index in [-0.39, 0.29) is 0 Å². The lowest BCUT2D eigenvalue weighted by atomic mass is 10.4. The molecule has 0 nitrogen and oxygen atoms in total. The van der Waals surface area contributed by atoms with Gasteiger partial charge >= 0.3 is 0 Å². The molecule has 2 rings (SSSR count). The zero-order valence-corrected chi connectivity index (χ0v) is 11.7. The van der Waals surface area contributed by atoms with Crippen LogP contribution in [-0.4, -0.2) is 0 Å². The summed E-state index contributed by atoms with van der Waals surface area (Å²) in [6.07, 6.45) is 0. The Morgan fingerprint density at radius 3 is 2.80 bits per heavy atom. The number of halogens is 2. The Hall–Kier alpha value is 0.0400. The van der Waals surface area contributed by atoms with E-state index in [9.17, 15) is 0 Å². The summed E-state index contributed by atoms with van der Waals surface area (Å²) in [5.41, 5.74) is 0. The Bertz CT molecular complexity index is 453. The molecule has 0 saturated carbocycles. The lowest BCUT2D eigenvalue weighted by Crippen LogP contribution is -1.75. The molecular formula is C11H8BrClS2. The van der Waals surface area contributed by atoms with Crippen LogP contribution in [0.4, 0.5) is 0 Å². The molecule has 0 unspecified atom stereocenters. The minimum Gasteiger partial charge on any atom is -0.147 e. The van der Waals surface area contributed by atoms with E-state index in [2.05, 4.69) is 33.4 Å². The number of rotatable bonds is 3. The van der Waals surface area contributed by atoms with Crippen molar-refractivity contribution in [2.75, 3.05) is 0 Å². The van der Waals surface area contributed by atoms with Crippen molar-refractivity contribution >= 4 is 50.6 Å². The molecule has 0 aliphatic heterocycles. The third kappa shape index (κ3) is 3.25. The molecule has 2 aromatic rings. The van der Waals surface area contributed by atoms with Crippen LogP contribution >= 0.6 is 50.6 Å². The Kier molecular flexibility index (Phi) is 4.14. The Morgan fingerprint density at radius 1 is 1.33 bits per heavy atom. The molecule has 0 saturated heterocycles. The van der Waals surface area contributed by atoms with E-state index in [0.29, 0.717) is 0 Å². The van der Waals surface area contributed by atoms with E-state index >= 15 is 0 Å². The number of thiophene rings is 1. The summed E-state index contributed by atoms with van der Waals surface area (Å²) in [7, 11) is 0. The smallest absolute Gasteiger partial charge is 0.0541 e. The average Bonchev–Trinajstić information content (AvgIpc) is 2.63. The van der Waals surface area contributed by atoms with Gasteiger partial charge in [0.1, 0.15) is 0 Å². The molecule has 0 N–H and O–H groups in total. The van der Waals surface area contributed by atoms with Crippen LogP contribution in [0.15, 0.2) is 45.1 Å². The maximum atomic E-state index is 6.07. The molecule has 0 amide bonds. The quantitative estimate of drug-likeness (QED) is 0.677. The molecule has 1 heterocycles.